The largest absolute Gasteiger partial charge is 0.487 e. The molecule has 94 valence electrons. The number of benzene rings is 1. The zero-order valence-corrected chi connectivity index (χ0v) is 10.4. The number of ether oxygens (including phenoxy) is 1. The summed E-state index contributed by atoms with van der Waals surface area (Å²) in [5.74, 6) is 0.322. The highest BCUT2D eigenvalue weighted by Gasteiger charge is 2.15. The Labute approximate surface area is 101 Å². The summed E-state index contributed by atoms with van der Waals surface area (Å²) >= 11 is 0. The quantitative estimate of drug-likeness (QED) is 0.610. The maximum atomic E-state index is 10.8. The van der Waals surface area contributed by atoms with E-state index in [2.05, 4.69) is 5.32 Å². The molecular formula is C12H18N2O3. The van der Waals surface area contributed by atoms with Crippen molar-refractivity contribution in [3.05, 3.63) is 28.3 Å². The van der Waals surface area contributed by atoms with Crippen LogP contribution in [0.3, 0.4) is 0 Å². The van der Waals surface area contributed by atoms with Gasteiger partial charge in [-0.05, 0) is 26.3 Å². The van der Waals surface area contributed by atoms with Crippen molar-refractivity contribution in [2.24, 2.45) is 0 Å². The number of hydrogen-bond donors (Lipinski definition) is 1. The minimum Gasteiger partial charge on any atom is -0.487 e. The molecule has 0 saturated carbocycles. The first kappa shape index (κ1) is 13.3. The van der Waals surface area contributed by atoms with Gasteiger partial charge in [-0.1, -0.05) is 6.92 Å². The van der Waals surface area contributed by atoms with Crippen molar-refractivity contribution >= 4 is 11.4 Å². The summed E-state index contributed by atoms with van der Waals surface area (Å²) in [7, 11) is 0. The summed E-state index contributed by atoms with van der Waals surface area (Å²) in [6.07, 6.45) is 0.818. The molecule has 1 rings (SSSR count). The first-order valence-electron chi connectivity index (χ1n) is 5.72. The second-order valence-corrected chi connectivity index (χ2v) is 4.09. The number of rotatable bonds is 6. The fourth-order valence-corrected chi connectivity index (χ4v) is 1.42. The van der Waals surface area contributed by atoms with E-state index in [1.54, 1.807) is 12.1 Å². The van der Waals surface area contributed by atoms with E-state index >= 15 is 0 Å². The number of nitrogens with one attached hydrogen (secondary N) is 1. The van der Waals surface area contributed by atoms with Gasteiger partial charge in [-0.15, -0.1) is 0 Å². The summed E-state index contributed by atoms with van der Waals surface area (Å²) in [4.78, 5) is 10.4. The van der Waals surface area contributed by atoms with Crippen molar-refractivity contribution in [3.63, 3.8) is 0 Å². The molecule has 0 spiro atoms. The Morgan fingerprint density at radius 3 is 2.71 bits per heavy atom. The number of nitrogens with zero attached hydrogens (tertiary/aromatic N) is 1. The molecule has 0 aromatic heterocycles. The Kier molecular flexibility index (Phi) is 4.75. The molecule has 0 aliphatic carbocycles. The Bertz CT molecular complexity index is 391. The van der Waals surface area contributed by atoms with Crippen LogP contribution >= 0.6 is 0 Å². The smallest absolute Gasteiger partial charge is 0.311 e. The molecule has 0 unspecified atom stereocenters. The van der Waals surface area contributed by atoms with Gasteiger partial charge in [0, 0.05) is 23.9 Å². The Morgan fingerprint density at radius 2 is 2.18 bits per heavy atom. The van der Waals surface area contributed by atoms with Gasteiger partial charge < -0.3 is 10.1 Å². The summed E-state index contributed by atoms with van der Waals surface area (Å²) in [6, 6.07) is 5.11. The van der Waals surface area contributed by atoms with Crippen molar-refractivity contribution in [3.8, 4) is 5.75 Å². The minimum absolute atomic E-state index is 0.00718. The second kappa shape index (κ2) is 6.08. The van der Waals surface area contributed by atoms with Crippen LogP contribution in [0, 0.1) is 10.1 Å². The number of hydrogen-bond acceptors (Lipinski definition) is 4. The van der Waals surface area contributed by atoms with Gasteiger partial charge in [0.25, 0.3) is 0 Å². The van der Waals surface area contributed by atoms with Crippen molar-refractivity contribution in [1.82, 2.24) is 0 Å². The summed E-state index contributed by atoms with van der Waals surface area (Å²) in [6.45, 7) is 6.45. The van der Waals surface area contributed by atoms with E-state index in [-0.39, 0.29) is 11.7 Å². The summed E-state index contributed by atoms with van der Waals surface area (Å²) in [5.41, 5.74) is 0.837. The van der Waals surface area contributed by atoms with E-state index in [0.29, 0.717) is 12.4 Å². The van der Waals surface area contributed by atoms with Crippen molar-refractivity contribution < 1.29 is 9.66 Å². The van der Waals surface area contributed by atoms with Crippen LogP contribution in [0.4, 0.5) is 11.4 Å². The van der Waals surface area contributed by atoms with E-state index in [1.165, 1.54) is 6.07 Å². The molecule has 0 bridgehead atoms. The summed E-state index contributed by atoms with van der Waals surface area (Å²) < 4.78 is 5.39. The SMILES string of the molecule is CCCOc1cc(NC(C)C)ccc1[N+](=O)[O-]. The maximum absolute atomic E-state index is 10.8. The third kappa shape index (κ3) is 3.94. The van der Waals surface area contributed by atoms with E-state index in [0.717, 1.165) is 12.1 Å². The Morgan fingerprint density at radius 1 is 1.47 bits per heavy atom. The van der Waals surface area contributed by atoms with Crippen LogP contribution in [0.5, 0.6) is 5.75 Å². The first-order chi connectivity index (χ1) is 8.04. The molecule has 0 heterocycles. The van der Waals surface area contributed by atoms with Gasteiger partial charge >= 0.3 is 5.69 Å². The maximum Gasteiger partial charge on any atom is 0.311 e. The molecule has 5 heteroatoms. The number of nitro groups is 1. The molecule has 0 aliphatic rings. The molecule has 1 aromatic rings. The van der Waals surface area contributed by atoms with Gasteiger partial charge in [0.2, 0.25) is 0 Å². The van der Waals surface area contributed by atoms with E-state index < -0.39 is 4.92 Å². The zero-order valence-electron chi connectivity index (χ0n) is 10.4. The molecule has 0 saturated heterocycles. The highest BCUT2D eigenvalue weighted by Crippen LogP contribution is 2.30. The molecule has 0 atom stereocenters. The fraction of sp³-hybridized carbons (Fsp3) is 0.500. The first-order valence-corrected chi connectivity index (χ1v) is 5.72. The highest BCUT2D eigenvalue weighted by atomic mass is 16.6. The minimum atomic E-state index is -0.426. The number of nitro benzene ring substituents is 1. The van der Waals surface area contributed by atoms with Gasteiger partial charge in [-0.3, -0.25) is 10.1 Å². The zero-order chi connectivity index (χ0) is 12.8. The predicted octanol–water partition coefficient (Wildman–Crippen LogP) is 3.20. The van der Waals surface area contributed by atoms with Crippen LogP contribution in [0.15, 0.2) is 18.2 Å². The average molecular weight is 238 g/mol. The lowest BCUT2D eigenvalue weighted by molar-refractivity contribution is -0.385. The Hall–Kier alpha value is -1.78. The van der Waals surface area contributed by atoms with Gasteiger partial charge in [0.05, 0.1) is 11.5 Å². The fourth-order valence-electron chi connectivity index (χ4n) is 1.42. The van der Waals surface area contributed by atoms with Crippen molar-refractivity contribution in [2.75, 3.05) is 11.9 Å². The lowest BCUT2D eigenvalue weighted by Crippen LogP contribution is -2.10. The molecule has 0 fully saturated rings. The second-order valence-electron chi connectivity index (χ2n) is 4.09. The molecular weight excluding hydrogens is 220 g/mol. The molecule has 0 aliphatic heterocycles. The number of anilines is 1. The normalized spacial score (nSPS) is 10.4. The molecule has 0 amide bonds. The van der Waals surface area contributed by atoms with Gasteiger partial charge in [-0.25, -0.2) is 0 Å². The van der Waals surface area contributed by atoms with Crippen molar-refractivity contribution in [2.45, 2.75) is 33.2 Å². The van der Waals surface area contributed by atoms with E-state index in [9.17, 15) is 10.1 Å². The van der Waals surface area contributed by atoms with Crippen LogP contribution in [0.2, 0.25) is 0 Å². The molecule has 0 radical (unpaired) electrons. The van der Waals surface area contributed by atoms with Crippen LogP contribution < -0.4 is 10.1 Å². The third-order valence-corrected chi connectivity index (χ3v) is 2.07. The van der Waals surface area contributed by atoms with Crippen molar-refractivity contribution in [1.29, 1.82) is 0 Å². The third-order valence-electron chi connectivity index (χ3n) is 2.07. The molecule has 17 heavy (non-hydrogen) atoms. The molecule has 1 N–H and O–H groups in total. The van der Waals surface area contributed by atoms with E-state index in [1.807, 2.05) is 20.8 Å². The lowest BCUT2D eigenvalue weighted by Gasteiger charge is -2.12. The summed E-state index contributed by atoms with van der Waals surface area (Å²) in [5, 5.41) is 14.0. The predicted molar refractivity (Wildman–Crippen MR) is 67.6 cm³/mol. The van der Waals surface area contributed by atoms with Crippen LogP contribution in [0.25, 0.3) is 0 Å². The highest BCUT2D eigenvalue weighted by molar-refractivity contribution is 5.58. The average Bonchev–Trinajstić information content (AvgIpc) is 2.25. The van der Waals surface area contributed by atoms with Gasteiger partial charge in [0.15, 0.2) is 5.75 Å². The van der Waals surface area contributed by atoms with Gasteiger partial charge in [-0.2, -0.15) is 0 Å². The standard InChI is InChI=1S/C12H18N2O3/c1-4-7-17-12-8-10(13-9(2)3)5-6-11(12)14(15)16/h5-6,8-9,13H,4,7H2,1-3H3. The topological polar surface area (TPSA) is 64.4 Å². The Balaban J connectivity index is 2.96. The lowest BCUT2D eigenvalue weighted by atomic mass is 10.2. The van der Waals surface area contributed by atoms with Crippen LogP contribution in [-0.2, 0) is 0 Å². The van der Waals surface area contributed by atoms with Gasteiger partial charge in [0.1, 0.15) is 0 Å². The molecule has 1 aromatic carbocycles. The molecule has 5 nitrogen and oxygen atoms in total. The van der Waals surface area contributed by atoms with E-state index in [4.69, 9.17) is 4.74 Å². The van der Waals surface area contributed by atoms with Crippen LogP contribution in [0.1, 0.15) is 27.2 Å². The monoisotopic (exact) mass is 238 g/mol. The van der Waals surface area contributed by atoms with Crippen LogP contribution in [-0.4, -0.2) is 17.6 Å².